The number of anilines is 1. The monoisotopic (exact) mass is 387 g/mol. The zero-order chi connectivity index (χ0) is 19.2. The molecule has 7 heteroatoms. The molecule has 1 unspecified atom stereocenters. The van der Waals surface area contributed by atoms with Gasteiger partial charge in [0.15, 0.2) is 5.13 Å². The molecule has 0 aliphatic heterocycles. The van der Waals surface area contributed by atoms with Crippen LogP contribution in [0.15, 0.2) is 84.8 Å². The average Bonchev–Trinajstić information content (AvgIpc) is 3.22. The van der Waals surface area contributed by atoms with Gasteiger partial charge < -0.3 is 5.32 Å². The predicted octanol–water partition coefficient (Wildman–Crippen LogP) is 4.51. The molecular weight excluding hydrogens is 370 g/mol. The highest BCUT2D eigenvalue weighted by atomic mass is 32.1. The number of pyridine rings is 2. The molecule has 2 amide bonds. The number of benzene rings is 1. The van der Waals surface area contributed by atoms with E-state index >= 15 is 0 Å². The first-order valence-electron chi connectivity index (χ1n) is 8.68. The number of thiazole rings is 1. The summed E-state index contributed by atoms with van der Waals surface area (Å²) in [6.45, 7) is 0. The SMILES string of the molecule is O=C(Nc1nc(-c2cccnc2)cs1)NC(c1ccccc1)c1ccncc1. The van der Waals surface area contributed by atoms with Crippen LogP contribution in [0, 0.1) is 0 Å². The molecule has 0 fully saturated rings. The van der Waals surface area contributed by atoms with Crippen LogP contribution in [-0.4, -0.2) is 21.0 Å². The number of amides is 2. The van der Waals surface area contributed by atoms with Crippen molar-refractivity contribution in [1.82, 2.24) is 20.3 Å². The lowest BCUT2D eigenvalue weighted by Gasteiger charge is -2.19. The minimum Gasteiger partial charge on any atom is -0.327 e. The van der Waals surface area contributed by atoms with Crippen molar-refractivity contribution in [2.24, 2.45) is 0 Å². The van der Waals surface area contributed by atoms with Crippen LogP contribution in [-0.2, 0) is 0 Å². The van der Waals surface area contributed by atoms with Crippen molar-refractivity contribution in [2.45, 2.75) is 6.04 Å². The molecule has 0 bridgehead atoms. The molecule has 0 saturated carbocycles. The van der Waals surface area contributed by atoms with E-state index < -0.39 is 0 Å². The van der Waals surface area contributed by atoms with Gasteiger partial charge in [0.1, 0.15) is 0 Å². The van der Waals surface area contributed by atoms with Crippen LogP contribution in [0.5, 0.6) is 0 Å². The molecule has 0 aliphatic carbocycles. The predicted molar refractivity (Wildman–Crippen MR) is 110 cm³/mol. The van der Waals surface area contributed by atoms with Crippen LogP contribution in [0.4, 0.5) is 9.93 Å². The fourth-order valence-corrected chi connectivity index (χ4v) is 3.52. The molecule has 28 heavy (non-hydrogen) atoms. The molecule has 1 aromatic carbocycles. The minimum atomic E-state index is -0.322. The van der Waals surface area contributed by atoms with Gasteiger partial charge in [0.2, 0.25) is 0 Å². The molecule has 0 spiro atoms. The van der Waals surface area contributed by atoms with Gasteiger partial charge in [-0.05, 0) is 35.4 Å². The number of hydrogen-bond donors (Lipinski definition) is 2. The van der Waals surface area contributed by atoms with Crippen molar-refractivity contribution in [3.63, 3.8) is 0 Å². The summed E-state index contributed by atoms with van der Waals surface area (Å²) in [5.41, 5.74) is 3.62. The Morgan fingerprint density at radius 3 is 2.43 bits per heavy atom. The van der Waals surface area contributed by atoms with E-state index in [-0.39, 0.29) is 12.1 Å². The van der Waals surface area contributed by atoms with Gasteiger partial charge in [-0.2, -0.15) is 0 Å². The summed E-state index contributed by atoms with van der Waals surface area (Å²) in [4.78, 5) is 25.3. The number of carbonyl (C=O) groups excluding carboxylic acids is 1. The van der Waals surface area contributed by atoms with Gasteiger partial charge in [-0.25, -0.2) is 9.78 Å². The molecule has 3 heterocycles. The molecule has 2 N–H and O–H groups in total. The van der Waals surface area contributed by atoms with Crippen molar-refractivity contribution in [3.8, 4) is 11.3 Å². The highest BCUT2D eigenvalue weighted by molar-refractivity contribution is 7.14. The van der Waals surface area contributed by atoms with Crippen LogP contribution >= 0.6 is 11.3 Å². The second kappa shape index (κ2) is 8.41. The van der Waals surface area contributed by atoms with Crippen LogP contribution in [0.2, 0.25) is 0 Å². The smallest absolute Gasteiger partial charge is 0.321 e. The van der Waals surface area contributed by atoms with Crippen LogP contribution in [0.1, 0.15) is 17.2 Å². The van der Waals surface area contributed by atoms with E-state index in [0.29, 0.717) is 5.13 Å². The Balaban J connectivity index is 1.50. The van der Waals surface area contributed by atoms with Crippen molar-refractivity contribution >= 4 is 22.5 Å². The number of nitrogens with one attached hydrogen (secondary N) is 2. The number of nitrogens with zero attached hydrogens (tertiary/aromatic N) is 3. The highest BCUT2D eigenvalue weighted by Crippen LogP contribution is 2.25. The number of urea groups is 1. The summed E-state index contributed by atoms with van der Waals surface area (Å²) in [6.07, 6.45) is 6.89. The van der Waals surface area contributed by atoms with E-state index in [9.17, 15) is 4.79 Å². The molecule has 6 nitrogen and oxygen atoms in total. The van der Waals surface area contributed by atoms with Crippen LogP contribution in [0.3, 0.4) is 0 Å². The topological polar surface area (TPSA) is 79.8 Å². The Kier molecular flexibility index (Phi) is 5.35. The lowest BCUT2D eigenvalue weighted by molar-refractivity contribution is 0.250. The third-order valence-corrected chi connectivity index (χ3v) is 4.89. The molecule has 0 radical (unpaired) electrons. The van der Waals surface area contributed by atoms with Gasteiger partial charge in [-0.15, -0.1) is 11.3 Å². The lowest BCUT2D eigenvalue weighted by atomic mass is 10.00. The van der Waals surface area contributed by atoms with Gasteiger partial charge in [0.25, 0.3) is 0 Å². The van der Waals surface area contributed by atoms with E-state index in [1.165, 1.54) is 11.3 Å². The number of rotatable bonds is 5. The largest absolute Gasteiger partial charge is 0.327 e. The standard InChI is InChI=1S/C21H17N5OS/c27-20(26-21-24-18(14-28-21)17-7-4-10-23-13-17)25-19(15-5-2-1-3-6-15)16-8-11-22-12-9-16/h1-14,19H,(H2,24,25,26,27). The third-order valence-electron chi connectivity index (χ3n) is 4.13. The maximum Gasteiger partial charge on any atom is 0.321 e. The lowest BCUT2D eigenvalue weighted by Crippen LogP contribution is -2.33. The minimum absolute atomic E-state index is 0.290. The van der Waals surface area contributed by atoms with Crippen molar-refractivity contribution in [1.29, 1.82) is 0 Å². The summed E-state index contributed by atoms with van der Waals surface area (Å²) in [6, 6.07) is 16.8. The Labute approximate surface area is 166 Å². The molecule has 0 saturated heterocycles. The van der Waals surface area contributed by atoms with Crippen molar-refractivity contribution in [2.75, 3.05) is 5.32 Å². The summed E-state index contributed by atoms with van der Waals surface area (Å²) >= 11 is 1.37. The Bertz CT molecular complexity index is 999. The van der Waals surface area contributed by atoms with E-state index in [1.807, 2.05) is 60.0 Å². The van der Waals surface area contributed by atoms with Crippen LogP contribution < -0.4 is 10.6 Å². The van der Waals surface area contributed by atoms with Gasteiger partial charge >= 0.3 is 6.03 Å². The maximum absolute atomic E-state index is 12.6. The second-order valence-electron chi connectivity index (χ2n) is 6.00. The number of hydrogen-bond acceptors (Lipinski definition) is 5. The molecule has 3 aromatic heterocycles. The van der Waals surface area contributed by atoms with Gasteiger partial charge in [-0.3, -0.25) is 15.3 Å². The summed E-state index contributed by atoms with van der Waals surface area (Å²) in [5, 5.41) is 8.27. The average molecular weight is 387 g/mol. The Morgan fingerprint density at radius 2 is 1.68 bits per heavy atom. The molecule has 4 rings (SSSR count). The fourth-order valence-electron chi connectivity index (χ4n) is 2.80. The van der Waals surface area contributed by atoms with E-state index in [1.54, 1.807) is 24.8 Å². The van der Waals surface area contributed by atoms with Gasteiger partial charge in [0, 0.05) is 35.7 Å². The summed E-state index contributed by atoms with van der Waals surface area (Å²) in [5.74, 6) is 0. The molecule has 0 aliphatic rings. The first kappa shape index (κ1) is 17.8. The maximum atomic E-state index is 12.6. The van der Waals surface area contributed by atoms with E-state index in [0.717, 1.165) is 22.4 Å². The van der Waals surface area contributed by atoms with Gasteiger partial charge in [-0.1, -0.05) is 30.3 Å². The second-order valence-corrected chi connectivity index (χ2v) is 6.86. The van der Waals surface area contributed by atoms with E-state index in [2.05, 4.69) is 25.6 Å². The quantitative estimate of drug-likeness (QED) is 0.528. The van der Waals surface area contributed by atoms with Crippen molar-refractivity contribution < 1.29 is 4.79 Å². The van der Waals surface area contributed by atoms with Crippen LogP contribution in [0.25, 0.3) is 11.3 Å². The molecule has 4 aromatic rings. The summed E-state index contributed by atoms with van der Waals surface area (Å²) < 4.78 is 0. The fraction of sp³-hybridized carbons (Fsp3) is 0.0476. The zero-order valence-corrected chi connectivity index (χ0v) is 15.6. The first-order chi connectivity index (χ1) is 13.8. The van der Waals surface area contributed by atoms with Gasteiger partial charge in [0.05, 0.1) is 11.7 Å². The number of carbonyl (C=O) groups is 1. The van der Waals surface area contributed by atoms with E-state index in [4.69, 9.17) is 0 Å². The Hall–Kier alpha value is -3.58. The van der Waals surface area contributed by atoms with Crippen molar-refractivity contribution in [3.05, 3.63) is 95.9 Å². The third kappa shape index (κ3) is 4.21. The number of aromatic nitrogens is 3. The summed E-state index contributed by atoms with van der Waals surface area (Å²) in [7, 11) is 0. The zero-order valence-electron chi connectivity index (χ0n) is 14.8. The highest BCUT2D eigenvalue weighted by Gasteiger charge is 2.17. The molecular formula is C21H17N5OS. The molecule has 1 atom stereocenters. The first-order valence-corrected chi connectivity index (χ1v) is 9.56. The normalized spacial score (nSPS) is 11.6. The Morgan fingerprint density at radius 1 is 0.893 bits per heavy atom. The molecule has 138 valence electrons.